The zero-order valence-corrected chi connectivity index (χ0v) is 23.8. The lowest BCUT2D eigenvalue weighted by Crippen LogP contribution is -2.53. The highest BCUT2D eigenvalue weighted by molar-refractivity contribution is 5.87. The van der Waals surface area contributed by atoms with Crippen LogP contribution in [0.15, 0.2) is 42.6 Å². The quantitative estimate of drug-likeness (QED) is 0.421. The summed E-state index contributed by atoms with van der Waals surface area (Å²) < 4.78 is 51.6. The Labute approximate surface area is 238 Å². The molecule has 0 radical (unpaired) electrons. The van der Waals surface area contributed by atoms with E-state index in [4.69, 9.17) is 9.47 Å². The number of benzene rings is 1. The van der Waals surface area contributed by atoms with Crippen LogP contribution in [0.4, 0.5) is 13.2 Å². The zero-order valence-electron chi connectivity index (χ0n) is 23.8. The van der Waals surface area contributed by atoms with Gasteiger partial charge in [-0.15, -0.1) is 0 Å². The lowest BCUT2D eigenvalue weighted by Gasteiger charge is -2.37. The molecular formula is C30H38F3N3O5. The Bertz CT molecular complexity index is 1220. The molecular weight excluding hydrogens is 539 g/mol. The number of amides is 1. The molecule has 8 nitrogen and oxygen atoms in total. The molecule has 2 heterocycles. The third-order valence-electron chi connectivity index (χ3n) is 8.57. The van der Waals surface area contributed by atoms with Crippen molar-refractivity contribution in [2.75, 3.05) is 14.2 Å². The van der Waals surface area contributed by atoms with Crippen LogP contribution in [0.3, 0.4) is 0 Å². The van der Waals surface area contributed by atoms with Crippen molar-refractivity contribution in [3.05, 3.63) is 59.3 Å². The molecule has 1 aromatic carbocycles. The highest BCUT2D eigenvalue weighted by Crippen LogP contribution is 2.47. The number of hydrogen-bond donors (Lipinski definition) is 2. The fraction of sp³-hybridized carbons (Fsp3) is 0.567. The number of carbonyl (C=O) groups excluding carboxylic acids is 1. The van der Waals surface area contributed by atoms with Gasteiger partial charge in [0.25, 0.3) is 0 Å². The van der Waals surface area contributed by atoms with Gasteiger partial charge >= 0.3 is 12.1 Å². The van der Waals surface area contributed by atoms with E-state index in [9.17, 15) is 27.9 Å². The van der Waals surface area contributed by atoms with Crippen molar-refractivity contribution in [1.29, 1.82) is 0 Å². The van der Waals surface area contributed by atoms with Crippen LogP contribution in [-0.4, -0.2) is 58.8 Å². The number of ether oxygens (including phenoxy) is 2. The van der Waals surface area contributed by atoms with E-state index >= 15 is 0 Å². The van der Waals surface area contributed by atoms with Gasteiger partial charge in [-0.3, -0.25) is 4.79 Å². The van der Waals surface area contributed by atoms with E-state index in [1.54, 1.807) is 13.8 Å². The molecule has 1 saturated heterocycles. The van der Waals surface area contributed by atoms with Gasteiger partial charge in [0.15, 0.2) is 0 Å². The summed E-state index contributed by atoms with van der Waals surface area (Å²) in [5.74, 6) is -2.41. The van der Waals surface area contributed by atoms with E-state index in [1.165, 1.54) is 19.1 Å². The number of hydrogen-bond acceptors (Lipinski definition) is 6. The second-order valence-corrected chi connectivity index (χ2v) is 11.3. The van der Waals surface area contributed by atoms with Gasteiger partial charge < -0.3 is 24.8 Å². The highest BCUT2D eigenvalue weighted by atomic mass is 19.4. The van der Waals surface area contributed by atoms with E-state index in [0.29, 0.717) is 19.0 Å². The standard InChI is InChI=1S/C30H38F3N3O5/c1-29(2,41-4)22-23(34-16-20-15-21(30(31,32)33)17-35-26(20)40-3)24(18-11-7-5-8-12-18)36(25(22)28(38)39)27(37)19-13-9-6-10-14-19/h5,7-8,11-12,15,17,19,22-25,34H,6,9-10,13-14,16H2,1-4H3,(H,38,39)/t22-,23-,24-,25-/m1/s1. The number of carboxylic acid groups (broad SMARTS) is 1. The van der Waals surface area contributed by atoms with Gasteiger partial charge in [0.1, 0.15) is 6.04 Å². The minimum absolute atomic E-state index is 0.0206. The van der Waals surface area contributed by atoms with Crippen molar-refractivity contribution < 1.29 is 37.3 Å². The van der Waals surface area contributed by atoms with Gasteiger partial charge in [-0.2, -0.15) is 13.2 Å². The van der Waals surface area contributed by atoms with Crippen LogP contribution in [0.5, 0.6) is 5.88 Å². The zero-order chi connectivity index (χ0) is 29.9. The van der Waals surface area contributed by atoms with Crippen molar-refractivity contribution in [1.82, 2.24) is 15.2 Å². The summed E-state index contributed by atoms with van der Waals surface area (Å²) in [5.41, 5.74) is -1.06. The molecule has 224 valence electrons. The van der Waals surface area contributed by atoms with Crippen molar-refractivity contribution in [2.24, 2.45) is 11.8 Å². The van der Waals surface area contributed by atoms with Gasteiger partial charge in [-0.25, -0.2) is 9.78 Å². The third-order valence-corrected chi connectivity index (χ3v) is 8.57. The number of nitrogens with zero attached hydrogens (tertiary/aromatic N) is 2. The summed E-state index contributed by atoms with van der Waals surface area (Å²) in [6.45, 7) is 3.43. The number of halogens is 3. The Kier molecular flexibility index (Phi) is 9.28. The summed E-state index contributed by atoms with van der Waals surface area (Å²) in [4.78, 5) is 32.5. The molecule has 1 aromatic heterocycles. The van der Waals surface area contributed by atoms with Crippen molar-refractivity contribution in [3.8, 4) is 5.88 Å². The van der Waals surface area contributed by atoms with E-state index in [0.717, 1.165) is 30.9 Å². The van der Waals surface area contributed by atoms with Gasteiger partial charge in [0.05, 0.1) is 24.3 Å². The molecule has 4 rings (SSSR count). The second kappa shape index (κ2) is 12.4. The maximum atomic E-state index is 14.2. The lowest BCUT2D eigenvalue weighted by molar-refractivity contribution is -0.156. The van der Waals surface area contributed by atoms with E-state index < -0.39 is 47.4 Å². The summed E-state index contributed by atoms with van der Waals surface area (Å²) in [5, 5.41) is 13.9. The van der Waals surface area contributed by atoms with Crippen LogP contribution in [0.25, 0.3) is 0 Å². The fourth-order valence-corrected chi connectivity index (χ4v) is 6.42. The Morgan fingerprint density at radius 3 is 2.32 bits per heavy atom. The number of rotatable bonds is 9. The first kappa shape index (κ1) is 30.8. The van der Waals surface area contributed by atoms with Gasteiger partial charge in [-0.05, 0) is 38.3 Å². The van der Waals surface area contributed by atoms with Gasteiger partial charge in [0, 0.05) is 43.3 Å². The van der Waals surface area contributed by atoms with Crippen LogP contribution in [0, 0.1) is 11.8 Å². The average Bonchev–Trinajstić information content (AvgIpc) is 3.32. The number of aromatic nitrogens is 1. The molecule has 1 amide bonds. The molecule has 2 N–H and O–H groups in total. The first-order valence-corrected chi connectivity index (χ1v) is 13.9. The summed E-state index contributed by atoms with van der Waals surface area (Å²) >= 11 is 0. The van der Waals surface area contributed by atoms with Crippen molar-refractivity contribution in [2.45, 2.75) is 82.4 Å². The molecule has 0 spiro atoms. The van der Waals surface area contributed by atoms with Gasteiger partial charge in [-0.1, -0.05) is 49.6 Å². The number of likely N-dealkylation sites (tertiary alicyclic amines) is 1. The van der Waals surface area contributed by atoms with Crippen LogP contribution >= 0.6 is 0 Å². The number of alkyl halides is 3. The van der Waals surface area contributed by atoms with Crippen LogP contribution < -0.4 is 10.1 Å². The molecule has 1 aliphatic carbocycles. The maximum Gasteiger partial charge on any atom is 0.417 e. The smallest absolute Gasteiger partial charge is 0.417 e. The van der Waals surface area contributed by atoms with E-state index in [1.807, 2.05) is 30.3 Å². The molecule has 4 atom stereocenters. The number of aliphatic carboxylic acids is 1. The molecule has 41 heavy (non-hydrogen) atoms. The minimum atomic E-state index is -4.61. The molecule has 2 fully saturated rings. The number of pyridine rings is 1. The molecule has 1 saturated carbocycles. The Hall–Kier alpha value is -3.18. The monoisotopic (exact) mass is 577 g/mol. The van der Waals surface area contributed by atoms with E-state index in [-0.39, 0.29) is 29.8 Å². The molecule has 0 unspecified atom stereocenters. The van der Waals surface area contributed by atoms with Crippen LogP contribution in [0.1, 0.15) is 68.7 Å². The number of methoxy groups -OCH3 is 2. The van der Waals surface area contributed by atoms with Crippen molar-refractivity contribution >= 4 is 11.9 Å². The third kappa shape index (κ3) is 6.35. The van der Waals surface area contributed by atoms with Gasteiger partial charge in [0.2, 0.25) is 11.8 Å². The predicted octanol–water partition coefficient (Wildman–Crippen LogP) is 5.23. The fourth-order valence-electron chi connectivity index (χ4n) is 6.42. The molecule has 11 heteroatoms. The number of nitrogens with one attached hydrogen (secondary N) is 1. The first-order chi connectivity index (χ1) is 19.4. The number of carbonyl (C=O) groups is 2. The largest absolute Gasteiger partial charge is 0.481 e. The lowest BCUT2D eigenvalue weighted by atomic mass is 9.79. The Balaban J connectivity index is 1.83. The highest BCUT2D eigenvalue weighted by Gasteiger charge is 2.60. The Morgan fingerprint density at radius 1 is 1.10 bits per heavy atom. The first-order valence-electron chi connectivity index (χ1n) is 13.9. The van der Waals surface area contributed by atoms with Crippen molar-refractivity contribution in [3.63, 3.8) is 0 Å². The molecule has 1 aliphatic heterocycles. The topological polar surface area (TPSA) is 101 Å². The number of carboxylic acids is 1. The Morgan fingerprint density at radius 2 is 1.76 bits per heavy atom. The minimum Gasteiger partial charge on any atom is -0.481 e. The van der Waals surface area contributed by atoms with E-state index in [2.05, 4.69) is 10.3 Å². The normalized spacial score (nSPS) is 23.9. The average molecular weight is 578 g/mol. The summed E-state index contributed by atoms with van der Waals surface area (Å²) in [6, 6.07) is 7.49. The SMILES string of the molecule is COc1ncc(C(F)(F)F)cc1CN[C@@H]1[C@@H](C(C)(C)OC)[C@H](C(=O)O)N(C(=O)C2CCCCC2)[C@@H]1c1ccccc1. The van der Waals surface area contributed by atoms with Crippen LogP contribution in [-0.2, 0) is 27.0 Å². The molecule has 2 aromatic rings. The molecule has 0 bridgehead atoms. The van der Waals surface area contributed by atoms with Crippen LogP contribution in [0.2, 0.25) is 0 Å². The molecule has 2 aliphatic rings. The summed E-state index contributed by atoms with van der Waals surface area (Å²) in [6.07, 6.45) is 0.312. The second-order valence-electron chi connectivity index (χ2n) is 11.3. The predicted molar refractivity (Wildman–Crippen MR) is 145 cm³/mol. The maximum absolute atomic E-state index is 14.2. The summed E-state index contributed by atoms with van der Waals surface area (Å²) in [7, 11) is 2.81.